The molecule has 0 saturated heterocycles. The highest BCUT2D eigenvalue weighted by atomic mass is 32.1. The summed E-state index contributed by atoms with van der Waals surface area (Å²) < 4.78 is 5.43. The number of aryl methyl sites for hydroxylation is 2. The Bertz CT molecular complexity index is 691. The van der Waals surface area contributed by atoms with Gasteiger partial charge in [-0.15, -0.1) is 11.3 Å². The summed E-state index contributed by atoms with van der Waals surface area (Å²) in [6.45, 7) is 6.53. The normalized spacial score (nSPS) is 11.5. The van der Waals surface area contributed by atoms with Gasteiger partial charge in [0.05, 0.1) is 17.8 Å². The number of nitrogens with one attached hydrogen (secondary N) is 1. The van der Waals surface area contributed by atoms with Gasteiger partial charge in [-0.25, -0.2) is 4.98 Å². The average molecular weight is 331 g/mol. The third-order valence-corrected chi connectivity index (χ3v) is 4.93. The molecule has 2 rings (SSSR count). The van der Waals surface area contributed by atoms with Gasteiger partial charge in [0.15, 0.2) is 0 Å². The molecule has 1 aromatic carbocycles. The highest BCUT2D eigenvalue weighted by Crippen LogP contribution is 2.31. The molecule has 2 aromatic rings. The molecule has 0 aliphatic heterocycles. The minimum Gasteiger partial charge on any atom is -0.496 e. The van der Waals surface area contributed by atoms with Crippen LogP contribution in [0, 0.1) is 12.3 Å². The second-order valence-corrected chi connectivity index (χ2v) is 7.49. The van der Waals surface area contributed by atoms with Crippen LogP contribution in [0.5, 0.6) is 5.75 Å². The molecule has 3 N–H and O–H groups in total. The number of ether oxygens (including phenoxy) is 1. The largest absolute Gasteiger partial charge is 0.496 e. The van der Waals surface area contributed by atoms with Crippen LogP contribution in [0.1, 0.15) is 48.5 Å². The second kappa shape index (κ2) is 7.13. The van der Waals surface area contributed by atoms with Crippen LogP contribution in [0.25, 0.3) is 0 Å². The minimum absolute atomic E-state index is 0.0657. The van der Waals surface area contributed by atoms with Crippen LogP contribution >= 0.6 is 11.3 Å². The third-order valence-electron chi connectivity index (χ3n) is 4.15. The predicted octanol–water partition coefficient (Wildman–Crippen LogP) is 4.04. The number of hydrogen-bond donors (Lipinski definition) is 2. The summed E-state index contributed by atoms with van der Waals surface area (Å²) in [6.07, 6.45) is 2.97. The fourth-order valence-corrected chi connectivity index (χ4v) is 3.47. The van der Waals surface area contributed by atoms with Gasteiger partial charge >= 0.3 is 0 Å². The molecule has 1 aromatic heterocycles. The molecule has 1 heterocycles. The number of benzene rings is 1. The van der Waals surface area contributed by atoms with Crippen molar-refractivity contribution >= 4 is 17.2 Å². The zero-order valence-electron chi connectivity index (χ0n) is 14.3. The monoisotopic (exact) mass is 331 g/mol. The van der Waals surface area contributed by atoms with Gasteiger partial charge in [0, 0.05) is 16.4 Å². The van der Waals surface area contributed by atoms with E-state index in [1.165, 1.54) is 5.69 Å². The minimum atomic E-state index is 0.0657. The molecule has 0 unspecified atom stereocenters. The molecule has 4 nitrogen and oxygen atoms in total. The van der Waals surface area contributed by atoms with Crippen molar-refractivity contribution < 1.29 is 4.74 Å². The maximum absolute atomic E-state index is 7.58. The number of rotatable bonds is 7. The standard InChI is InChI=1S/C18H25N3OS/c1-12-21-16(11-23-12)18(2,3)9-5-6-13-10-14(17(19)20)7-8-15(13)22-4/h7-8,10-11H,5-6,9H2,1-4H3,(H3,19,20). The quantitative estimate of drug-likeness (QED) is 0.594. The molecular formula is C18H25N3OS. The third kappa shape index (κ3) is 4.32. The van der Waals surface area contributed by atoms with E-state index < -0.39 is 0 Å². The SMILES string of the molecule is COc1ccc(C(=N)N)cc1CCCC(C)(C)c1csc(C)n1. The lowest BCUT2D eigenvalue weighted by molar-refractivity contribution is 0.405. The molecule has 5 heteroatoms. The number of amidine groups is 1. The zero-order valence-corrected chi connectivity index (χ0v) is 15.1. The number of methoxy groups -OCH3 is 1. The van der Waals surface area contributed by atoms with E-state index in [1.807, 2.05) is 25.1 Å². The van der Waals surface area contributed by atoms with E-state index in [4.69, 9.17) is 15.9 Å². The van der Waals surface area contributed by atoms with Crippen LogP contribution in [0.2, 0.25) is 0 Å². The van der Waals surface area contributed by atoms with Crippen molar-refractivity contribution in [1.29, 1.82) is 5.41 Å². The van der Waals surface area contributed by atoms with Crippen molar-refractivity contribution in [2.75, 3.05) is 7.11 Å². The molecule has 0 saturated carbocycles. The van der Waals surface area contributed by atoms with Crippen LogP contribution in [-0.2, 0) is 11.8 Å². The van der Waals surface area contributed by atoms with E-state index in [0.29, 0.717) is 0 Å². The first-order valence-corrected chi connectivity index (χ1v) is 8.65. The van der Waals surface area contributed by atoms with Crippen LogP contribution in [-0.4, -0.2) is 17.9 Å². The van der Waals surface area contributed by atoms with Crippen molar-refractivity contribution in [3.05, 3.63) is 45.4 Å². The van der Waals surface area contributed by atoms with Gasteiger partial charge in [-0.3, -0.25) is 5.41 Å². The Labute approximate surface area is 142 Å². The van der Waals surface area contributed by atoms with Gasteiger partial charge in [0.1, 0.15) is 11.6 Å². The van der Waals surface area contributed by atoms with Gasteiger partial charge in [-0.1, -0.05) is 13.8 Å². The molecule has 23 heavy (non-hydrogen) atoms. The van der Waals surface area contributed by atoms with E-state index in [1.54, 1.807) is 18.4 Å². The smallest absolute Gasteiger partial charge is 0.122 e. The molecular weight excluding hydrogens is 306 g/mol. The lowest BCUT2D eigenvalue weighted by atomic mass is 9.84. The summed E-state index contributed by atoms with van der Waals surface area (Å²) in [4.78, 5) is 4.63. The molecule has 0 aliphatic carbocycles. The van der Waals surface area contributed by atoms with Gasteiger partial charge in [0.2, 0.25) is 0 Å². The highest BCUT2D eigenvalue weighted by Gasteiger charge is 2.23. The Morgan fingerprint density at radius 3 is 2.70 bits per heavy atom. The van der Waals surface area contributed by atoms with Crippen LogP contribution in [0.15, 0.2) is 23.6 Å². The van der Waals surface area contributed by atoms with E-state index in [2.05, 4.69) is 24.2 Å². The fraction of sp³-hybridized carbons (Fsp3) is 0.444. The van der Waals surface area contributed by atoms with E-state index in [-0.39, 0.29) is 11.3 Å². The van der Waals surface area contributed by atoms with Crippen molar-refractivity contribution in [3.8, 4) is 5.75 Å². The summed E-state index contributed by atoms with van der Waals surface area (Å²) in [5.41, 5.74) is 8.67. The Balaban J connectivity index is 2.05. The van der Waals surface area contributed by atoms with Crippen molar-refractivity contribution in [2.45, 2.75) is 45.4 Å². The number of nitrogens with zero attached hydrogens (tertiary/aromatic N) is 1. The van der Waals surface area contributed by atoms with Crippen LogP contribution in [0.3, 0.4) is 0 Å². The highest BCUT2D eigenvalue weighted by molar-refractivity contribution is 7.09. The number of thiazole rings is 1. The van der Waals surface area contributed by atoms with E-state index in [9.17, 15) is 0 Å². The Hall–Kier alpha value is -1.88. The summed E-state index contributed by atoms with van der Waals surface area (Å²) in [5.74, 6) is 0.949. The number of hydrogen-bond acceptors (Lipinski definition) is 4. The topological polar surface area (TPSA) is 72.0 Å². The molecule has 0 amide bonds. The first kappa shape index (κ1) is 17.5. The Morgan fingerprint density at radius 2 is 2.13 bits per heavy atom. The zero-order chi connectivity index (χ0) is 17.0. The van der Waals surface area contributed by atoms with Crippen molar-refractivity contribution in [1.82, 2.24) is 4.98 Å². The lowest BCUT2D eigenvalue weighted by Gasteiger charge is -2.22. The van der Waals surface area contributed by atoms with Gasteiger partial charge < -0.3 is 10.5 Å². The van der Waals surface area contributed by atoms with E-state index >= 15 is 0 Å². The van der Waals surface area contributed by atoms with Crippen molar-refractivity contribution in [3.63, 3.8) is 0 Å². The maximum atomic E-state index is 7.58. The molecule has 0 aliphatic rings. The lowest BCUT2D eigenvalue weighted by Crippen LogP contribution is -2.18. The van der Waals surface area contributed by atoms with Gasteiger partial charge in [-0.2, -0.15) is 0 Å². The summed E-state index contributed by atoms with van der Waals surface area (Å²) >= 11 is 1.70. The first-order chi connectivity index (χ1) is 10.8. The molecule has 0 radical (unpaired) electrons. The first-order valence-electron chi connectivity index (χ1n) is 7.77. The average Bonchev–Trinajstić information content (AvgIpc) is 2.94. The molecule has 0 fully saturated rings. The number of nitrogens with two attached hydrogens (primary N) is 1. The van der Waals surface area contributed by atoms with Crippen molar-refractivity contribution in [2.24, 2.45) is 5.73 Å². The Morgan fingerprint density at radius 1 is 1.39 bits per heavy atom. The molecule has 0 atom stereocenters. The van der Waals surface area contributed by atoms with Crippen LogP contribution in [0.4, 0.5) is 0 Å². The maximum Gasteiger partial charge on any atom is 0.122 e. The molecule has 124 valence electrons. The number of nitrogen functional groups attached to an aromatic ring is 1. The second-order valence-electron chi connectivity index (χ2n) is 6.43. The Kier molecular flexibility index (Phi) is 5.42. The number of aromatic nitrogens is 1. The molecule has 0 spiro atoms. The summed E-state index contributed by atoms with van der Waals surface area (Å²) in [5, 5.41) is 10.9. The summed E-state index contributed by atoms with van der Waals surface area (Å²) in [6, 6.07) is 5.68. The van der Waals surface area contributed by atoms with Crippen LogP contribution < -0.4 is 10.5 Å². The predicted molar refractivity (Wildman–Crippen MR) is 96.8 cm³/mol. The molecule has 0 bridgehead atoms. The van der Waals surface area contributed by atoms with Gasteiger partial charge in [0.25, 0.3) is 0 Å². The fourth-order valence-electron chi connectivity index (χ4n) is 2.66. The van der Waals surface area contributed by atoms with Gasteiger partial charge in [-0.05, 0) is 49.9 Å². The summed E-state index contributed by atoms with van der Waals surface area (Å²) in [7, 11) is 1.67. The van der Waals surface area contributed by atoms with E-state index in [0.717, 1.165) is 41.1 Å².